The number of aromatic nitrogens is 4. The molecule has 1 N–H and O–H groups in total. The van der Waals surface area contributed by atoms with Gasteiger partial charge in [-0.2, -0.15) is 20.1 Å². The molecule has 1 aliphatic rings. The van der Waals surface area contributed by atoms with E-state index in [9.17, 15) is 0 Å². The highest BCUT2D eigenvalue weighted by Gasteiger charge is 2.17. The van der Waals surface area contributed by atoms with Crippen LogP contribution < -0.4 is 15.1 Å². The number of hydrazone groups is 1. The molecule has 0 unspecified atom stereocenters. The minimum Gasteiger partial charge on any atom is -0.463 e. The highest BCUT2D eigenvalue weighted by molar-refractivity contribution is 5.86. The van der Waals surface area contributed by atoms with Crippen molar-refractivity contribution >= 4 is 28.6 Å². The van der Waals surface area contributed by atoms with E-state index >= 15 is 0 Å². The Bertz CT molecular complexity index is 1260. The van der Waals surface area contributed by atoms with Crippen LogP contribution in [0, 0.1) is 0 Å². The number of ether oxygens (including phenoxy) is 2. The largest absolute Gasteiger partial charge is 0.463 e. The molecule has 0 aliphatic carbocycles. The minimum atomic E-state index is 0.263. The molecule has 5 rings (SSSR count). The Kier molecular flexibility index (Phi) is 6.82. The van der Waals surface area contributed by atoms with E-state index in [-0.39, 0.29) is 6.01 Å². The maximum Gasteiger partial charge on any atom is 0.321 e. The van der Waals surface area contributed by atoms with Crippen LogP contribution in [0.2, 0.25) is 0 Å². The van der Waals surface area contributed by atoms with Gasteiger partial charge < -0.3 is 14.4 Å². The summed E-state index contributed by atoms with van der Waals surface area (Å²) in [5.41, 5.74) is 4.88. The second-order valence-electron chi connectivity index (χ2n) is 7.73. The molecule has 1 saturated heterocycles. The Labute approximate surface area is 197 Å². The van der Waals surface area contributed by atoms with E-state index in [1.807, 2.05) is 42.5 Å². The number of nitrogens with one attached hydrogen (secondary N) is 1. The third-order valence-electron chi connectivity index (χ3n) is 5.35. The number of hydrogen-bond acceptors (Lipinski definition) is 9. The lowest BCUT2D eigenvalue weighted by molar-refractivity contribution is 0.122. The number of nitrogens with zero attached hydrogens (tertiary/aromatic N) is 6. The molecular formula is C25H25N7O2. The van der Waals surface area contributed by atoms with Crippen LogP contribution in [0.3, 0.4) is 0 Å². The maximum absolute atomic E-state index is 5.85. The molecule has 3 heterocycles. The molecule has 0 bridgehead atoms. The predicted octanol–water partition coefficient (Wildman–Crippen LogP) is 3.32. The predicted molar refractivity (Wildman–Crippen MR) is 131 cm³/mol. The number of pyridine rings is 1. The van der Waals surface area contributed by atoms with Gasteiger partial charge in [0.05, 0.1) is 31.7 Å². The van der Waals surface area contributed by atoms with Crippen molar-refractivity contribution in [3.8, 4) is 6.01 Å². The normalized spacial score (nSPS) is 13.9. The highest BCUT2D eigenvalue weighted by atomic mass is 16.5. The standard InChI is InChI=1S/C25H25N7O2/c1-2-6-20-17-22(9-8-19(20)5-1)31-27-18-23-28-24(32-12-15-33-16-13-32)30-25(29-23)34-14-10-21-7-3-4-11-26-21/h1-9,11,17-18,31H,10,12-16H2/b27-18+. The van der Waals surface area contributed by atoms with Crippen molar-refractivity contribution < 1.29 is 9.47 Å². The number of benzene rings is 2. The van der Waals surface area contributed by atoms with Crippen LogP contribution in [0.4, 0.5) is 11.6 Å². The molecule has 0 atom stereocenters. The van der Waals surface area contributed by atoms with E-state index in [0.717, 1.165) is 16.8 Å². The van der Waals surface area contributed by atoms with Gasteiger partial charge in [0.15, 0.2) is 5.82 Å². The molecule has 172 valence electrons. The fourth-order valence-electron chi connectivity index (χ4n) is 3.60. The van der Waals surface area contributed by atoms with E-state index < -0.39 is 0 Å². The number of anilines is 2. The quantitative estimate of drug-likeness (QED) is 0.319. The zero-order valence-electron chi connectivity index (χ0n) is 18.7. The Balaban J connectivity index is 1.31. The summed E-state index contributed by atoms with van der Waals surface area (Å²) < 4.78 is 11.3. The Morgan fingerprint density at radius 3 is 2.68 bits per heavy atom. The first-order valence-electron chi connectivity index (χ1n) is 11.2. The molecular weight excluding hydrogens is 430 g/mol. The van der Waals surface area contributed by atoms with Crippen LogP contribution in [0.1, 0.15) is 11.5 Å². The van der Waals surface area contributed by atoms with Crippen molar-refractivity contribution in [2.75, 3.05) is 43.2 Å². The number of hydrogen-bond donors (Lipinski definition) is 1. The van der Waals surface area contributed by atoms with Gasteiger partial charge in [-0.3, -0.25) is 10.4 Å². The van der Waals surface area contributed by atoms with Crippen LogP contribution in [0.5, 0.6) is 6.01 Å². The molecule has 9 heteroatoms. The summed E-state index contributed by atoms with van der Waals surface area (Å²) in [6.07, 6.45) is 4.00. The van der Waals surface area contributed by atoms with Gasteiger partial charge in [-0.05, 0) is 35.0 Å². The van der Waals surface area contributed by atoms with Crippen LogP contribution in [-0.4, -0.2) is 59.1 Å². The smallest absolute Gasteiger partial charge is 0.321 e. The highest BCUT2D eigenvalue weighted by Crippen LogP contribution is 2.19. The summed E-state index contributed by atoms with van der Waals surface area (Å²) in [6.45, 7) is 3.10. The fourth-order valence-corrected chi connectivity index (χ4v) is 3.60. The molecule has 0 radical (unpaired) electrons. The molecule has 0 amide bonds. The van der Waals surface area contributed by atoms with Crippen LogP contribution >= 0.6 is 0 Å². The number of morpholine rings is 1. The molecule has 34 heavy (non-hydrogen) atoms. The summed E-state index contributed by atoms with van der Waals surface area (Å²) in [4.78, 5) is 19.9. The van der Waals surface area contributed by atoms with Crippen molar-refractivity contribution in [2.45, 2.75) is 6.42 Å². The van der Waals surface area contributed by atoms with Gasteiger partial charge in [0, 0.05) is 31.4 Å². The van der Waals surface area contributed by atoms with Gasteiger partial charge in [-0.25, -0.2) is 0 Å². The second kappa shape index (κ2) is 10.7. The van der Waals surface area contributed by atoms with E-state index in [4.69, 9.17) is 9.47 Å². The van der Waals surface area contributed by atoms with Gasteiger partial charge in [-0.15, -0.1) is 0 Å². The van der Waals surface area contributed by atoms with Crippen LogP contribution in [0.15, 0.2) is 72.0 Å². The summed E-state index contributed by atoms with van der Waals surface area (Å²) in [6, 6.07) is 20.4. The van der Waals surface area contributed by atoms with E-state index in [1.165, 1.54) is 5.39 Å². The molecule has 1 aliphatic heterocycles. The van der Waals surface area contributed by atoms with E-state index in [2.05, 4.69) is 53.6 Å². The third-order valence-corrected chi connectivity index (χ3v) is 5.35. The van der Waals surface area contributed by atoms with E-state index in [1.54, 1.807) is 12.4 Å². The summed E-state index contributed by atoms with van der Waals surface area (Å²) >= 11 is 0. The zero-order valence-corrected chi connectivity index (χ0v) is 18.7. The van der Waals surface area contributed by atoms with Crippen molar-refractivity contribution in [3.05, 3.63) is 78.4 Å². The summed E-state index contributed by atoms with van der Waals surface area (Å²) in [7, 11) is 0. The summed E-state index contributed by atoms with van der Waals surface area (Å²) in [5, 5.41) is 6.66. The lowest BCUT2D eigenvalue weighted by Gasteiger charge is -2.26. The van der Waals surface area contributed by atoms with Crippen molar-refractivity contribution in [1.29, 1.82) is 0 Å². The van der Waals surface area contributed by atoms with Crippen LogP contribution in [-0.2, 0) is 11.2 Å². The molecule has 0 saturated carbocycles. The minimum absolute atomic E-state index is 0.263. The first-order valence-corrected chi connectivity index (χ1v) is 11.2. The second-order valence-corrected chi connectivity index (χ2v) is 7.73. The van der Waals surface area contributed by atoms with Gasteiger partial charge in [0.2, 0.25) is 5.95 Å². The van der Waals surface area contributed by atoms with E-state index in [0.29, 0.717) is 51.1 Å². The Hall–Kier alpha value is -4.11. The Morgan fingerprint density at radius 1 is 0.971 bits per heavy atom. The molecule has 9 nitrogen and oxygen atoms in total. The van der Waals surface area contributed by atoms with Crippen molar-refractivity contribution in [3.63, 3.8) is 0 Å². The molecule has 1 fully saturated rings. The summed E-state index contributed by atoms with van der Waals surface area (Å²) in [5.74, 6) is 0.968. The molecule has 2 aromatic carbocycles. The first kappa shape index (κ1) is 21.7. The molecule has 2 aromatic heterocycles. The monoisotopic (exact) mass is 455 g/mol. The Morgan fingerprint density at radius 2 is 1.82 bits per heavy atom. The van der Waals surface area contributed by atoms with Gasteiger partial charge in [0.1, 0.15) is 0 Å². The average molecular weight is 456 g/mol. The lowest BCUT2D eigenvalue weighted by atomic mass is 10.1. The zero-order chi connectivity index (χ0) is 23.0. The SMILES string of the molecule is C(=N\Nc1ccc2ccccc2c1)/c1nc(OCCc2ccccn2)nc(N2CCOCC2)n1. The molecule has 4 aromatic rings. The fraction of sp³-hybridized carbons (Fsp3) is 0.240. The lowest BCUT2D eigenvalue weighted by Crippen LogP contribution is -2.37. The van der Waals surface area contributed by atoms with Crippen molar-refractivity contribution in [2.24, 2.45) is 5.10 Å². The van der Waals surface area contributed by atoms with Crippen molar-refractivity contribution in [1.82, 2.24) is 19.9 Å². The molecule has 0 spiro atoms. The van der Waals surface area contributed by atoms with Gasteiger partial charge >= 0.3 is 6.01 Å². The van der Waals surface area contributed by atoms with Gasteiger partial charge in [0.25, 0.3) is 0 Å². The number of rotatable bonds is 8. The topological polar surface area (TPSA) is 97.7 Å². The average Bonchev–Trinajstić information content (AvgIpc) is 2.90. The first-order chi connectivity index (χ1) is 16.8. The number of fused-ring (bicyclic) bond motifs is 1. The van der Waals surface area contributed by atoms with Crippen LogP contribution in [0.25, 0.3) is 10.8 Å². The van der Waals surface area contributed by atoms with Gasteiger partial charge in [-0.1, -0.05) is 36.4 Å². The maximum atomic E-state index is 5.85. The third kappa shape index (κ3) is 5.62.